The highest BCUT2D eigenvalue weighted by Crippen LogP contribution is 2.34. The van der Waals surface area contributed by atoms with E-state index >= 15 is 0 Å². The molecule has 4 heteroatoms. The monoisotopic (exact) mass is 360 g/mol. The summed E-state index contributed by atoms with van der Waals surface area (Å²) in [6, 6.07) is 6.08. The molecule has 2 nitrogen and oxygen atoms in total. The molecule has 0 amide bonds. The number of aromatic nitrogens is 1. The van der Waals surface area contributed by atoms with Crippen molar-refractivity contribution in [2.75, 3.05) is 6.61 Å². The standard InChI is InChI=1S/C13H12ClINO/c14-10-8-11(15)13-12-9(10)4-3-6-16(12)5-1-2-7-17-13/h3-4,6,8H,1-2,5,7H2/q+1. The van der Waals surface area contributed by atoms with Crippen LogP contribution in [-0.4, -0.2) is 6.61 Å². The maximum absolute atomic E-state index is 6.31. The van der Waals surface area contributed by atoms with Crippen molar-refractivity contribution in [2.45, 2.75) is 19.4 Å². The number of benzene rings is 1. The van der Waals surface area contributed by atoms with E-state index in [1.807, 2.05) is 12.1 Å². The molecule has 2 aromatic rings. The lowest BCUT2D eigenvalue weighted by Gasteiger charge is -2.14. The van der Waals surface area contributed by atoms with Crippen molar-refractivity contribution in [1.29, 1.82) is 0 Å². The average molecular weight is 361 g/mol. The summed E-state index contributed by atoms with van der Waals surface area (Å²) >= 11 is 8.60. The van der Waals surface area contributed by atoms with Gasteiger partial charge in [-0.25, -0.2) is 0 Å². The highest BCUT2D eigenvalue weighted by molar-refractivity contribution is 14.1. The molecule has 0 aliphatic carbocycles. The van der Waals surface area contributed by atoms with Crippen LogP contribution >= 0.6 is 34.2 Å². The van der Waals surface area contributed by atoms with E-state index in [0.29, 0.717) is 0 Å². The van der Waals surface area contributed by atoms with Gasteiger partial charge in [0, 0.05) is 12.5 Å². The number of hydrogen-bond acceptors (Lipinski definition) is 1. The van der Waals surface area contributed by atoms with Gasteiger partial charge in [-0.1, -0.05) is 11.6 Å². The van der Waals surface area contributed by atoms with Gasteiger partial charge in [-0.2, -0.15) is 4.57 Å². The molecule has 0 spiro atoms. The quantitative estimate of drug-likeness (QED) is 0.517. The van der Waals surface area contributed by atoms with Crippen LogP contribution in [0.1, 0.15) is 12.8 Å². The molecule has 3 rings (SSSR count). The minimum atomic E-state index is 0.793. The molecule has 2 heterocycles. The Kier molecular flexibility index (Phi) is 3.13. The number of rotatable bonds is 0. The van der Waals surface area contributed by atoms with Crippen LogP contribution in [-0.2, 0) is 6.54 Å². The highest BCUT2D eigenvalue weighted by Gasteiger charge is 2.21. The van der Waals surface area contributed by atoms with E-state index in [2.05, 4.69) is 39.4 Å². The first-order valence-corrected chi connectivity index (χ1v) is 7.16. The molecule has 0 saturated heterocycles. The highest BCUT2D eigenvalue weighted by atomic mass is 127. The van der Waals surface area contributed by atoms with E-state index in [1.54, 1.807) is 0 Å². The maximum atomic E-state index is 6.31. The van der Waals surface area contributed by atoms with Crippen LogP contribution in [0, 0.1) is 3.57 Å². The first-order chi connectivity index (χ1) is 8.27. The summed E-state index contributed by atoms with van der Waals surface area (Å²) in [6.45, 7) is 1.83. The molecule has 0 radical (unpaired) electrons. The molecule has 0 unspecified atom stereocenters. The van der Waals surface area contributed by atoms with Crippen molar-refractivity contribution in [3.8, 4) is 5.75 Å². The number of ether oxygens (including phenoxy) is 1. The third kappa shape index (κ3) is 1.99. The summed E-state index contributed by atoms with van der Waals surface area (Å²) in [5.41, 5.74) is 1.13. The van der Waals surface area contributed by atoms with Crippen LogP contribution < -0.4 is 9.30 Å². The minimum absolute atomic E-state index is 0.793. The molecule has 17 heavy (non-hydrogen) atoms. The largest absolute Gasteiger partial charge is 0.486 e. The summed E-state index contributed by atoms with van der Waals surface area (Å²) in [7, 11) is 0. The molecule has 1 aromatic carbocycles. The third-order valence-corrected chi connectivity index (χ3v) is 4.17. The maximum Gasteiger partial charge on any atom is 0.257 e. The summed E-state index contributed by atoms with van der Waals surface area (Å²) in [6.07, 6.45) is 4.35. The Bertz CT molecular complexity index is 585. The summed E-state index contributed by atoms with van der Waals surface area (Å²) in [5, 5.41) is 1.87. The first-order valence-electron chi connectivity index (χ1n) is 5.70. The Morgan fingerprint density at radius 2 is 2.24 bits per heavy atom. The fourth-order valence-corrected chi connectivity index (χ4v) is 3.41. The van der Waals surface area contributed by atoms with Crippen LogP contribution in [0.3, 0.4) is 0 Å². The first kappa shape index (κ1) is 11.5. The Balaban J connectivity index is 2.41. The molecular weight excluding hydrogens is 349 g/mol. The molecule has 0 bridgehead atoms. The van der Waals surface area contributed by atoms with E-state index in [4.69, 9.17) is 16.3 Å². The van der Waals surface area contributed by atoms with Crippen LogP contribution in [0.15, 0.2) is 24.4 Å². The second-order valence-electron chi connectivity index (χ2n) is 4.19. The van der Waals surface area contributed by atoms with Gasteiger partial charge in [-0.3, -0.25) is 0 Å². The normalized spacial score (nSPS) is 15.2. The van der Waals surface area contributed by atoms with E-state index in [-0.39, 0.29) is 0 Å². The van der Waals surface area contributed by atoms with Crippen molar-refractivity contribution in [2.24, 2.45) is 0 Å². The van der Waals surface area contributed by atoms with Gasteiger partial charge in [0.05, 0.1) is 20.6 Å². The van der Waals surface area contributed by atoms with E-state index in [1.165, 1.54) is 0 Å². The van der Waals surface area contributed by atoms with Crippen molar-refractivity contribution in [1.82, 2.24) is 0 Å². The Labute approximate surface area is 119 Å². The van der Waals surface area contributed by atoms with Gasteiger partial charge in [0.2, 0.25) is 5.75 Å². The fraction of sp³-hybridized carbons (Fsp3) is 0.308. The molecule has 0 fully saturated rings. The van der Waals surface area contributed by atoms with E-state index < -0.39 is 0 Å². The lowest BCUT2D eigenvalue weighted by molar-refractivity contribution is -0.672. The van der Waals surface area contributed by atoms with Gasteiger partial charge in [0.1, 0.15) is 6.54 Å². The number of pyridine rings is 1. The summed E-state index contributed by atoms with van der Waals surface area (Å²) < 4.78 is 9.23. The number of halogens is 2. The summed E-state index contributed by atoms with van der Waals surface area (Å²) in [4.78, 5) is 0. The fourth-order valence-electron chi connectivity index (χ4n) is 2.25. The molecule has 1 aliphatic rings. The van der Waals surface area contributed by atoms with Crippen LogP contribution in [0.25, 0.3) is 10.9 Å². The molecule has 0 saturated carbocycles. The van der Waals surface area contributed by atoms with Crippen LogP contribution in [0.5, 0.6) is 5.75 Å². The zero-order valence-corrected chi connectivity index (χ0v) is 12.2. The van der Waals surface area contributed by atoms with Gasteiger partial charge in [0.15, 0.2) is 6.20 Å². The van der Waals surface area contributed by atoms with Crippen molar-refractivity contribution >= 4 is 45.1 Å². The SMILES string of the molecule is Clc1cc(I)c2c3c1ccc[n+]3CCCCO2. The topological polar surface area (TPSA) is 13.1 Å². The molecule has 88 valence electrons. The Morgan fingerprint density at radius 3 is 3.12 bits per heavy atom. The van der Waals surface area contributed by atoms with Gasteiger partial charge in [-0.05, 0) is 41.1 Å². The van der Waals surface area contributed by atoms with E-state index in [9.17, 15) is 0 Å². The van der Waals surface area contributed by atoms with Gasteiger partial charge in [-0.15, -0.1) is 0 Å². The third-order valence-electron chi connectivity index (χ3n) is 3.05. The lowest BCUT2D eigenvalue weighted by atomic mass is 10.1. The number of nitrogens with zero attached hydrogens (tertiary/aromatic N) is 1. The molecule has 0 N–H and O–H groups in total. The number of hydrogen-bond donors (Lipinski definition) is 0. The van der Waals surface area contributed by atoms with E-state index in [0.717, 1.165) is 51.2 Å². The molecule has 1 aromatic heterocycles. The zero-order valence-electron chi connectivity index (χ0n) is 9.25. The molecule has 0 atom stereocenters. The Morgan fingerprint density at radius 1 is 1.35 bits per heavy atom. The van der Waals surface area contributed by atoms with Gasteiger partial charge < -0.3 is 4.74 Å². The average Bonchev–Trinajstić information content (AvgIpc) is 2.28. The predicted octanol–water partition coefficient (Wildman–Crippen LogP) is 3.56. The van der Waals surface area contributed by atoms with Crippen LogP contribution in [0.2, 0.25) is 5.02 Å². The van der Waals surface area contributed by atoms with Gasteiger partial charge >= 0.3 is 0 Å². The van der Waals surface area contributed by atoms with Crippen LogP contribution in [0.4, 0.5) is 0 Å². The molecular formula is C13H12ClINO+. The zero-order chi connectivity index (χ0) is 11.8. The molecule has 1 aliphatic heterocycles. The lowest BCUT2D eigenvalue weighted by Crippen LogP contribution is -2.36. The van der Waals surface area contributed by atoms with Crippen molar-refractivity contribution in [3.05, 3.63) is 33.0 Å². The van der Waals surface area contributed by atoms with Gasteiger partial charge in [0.25, 0.3) is 5.52 Å². The second-order valence-corrected chi connectivity index (χ2v) is 5.76. The predicted molar refractivity (Wildman–Crippen MR) is 76.6 cm³/mol. The minimum Gasteiger partial charge on any atom is -0.486 e. The Hall–Kier alpha value is -0.550. The van der Waals surface area contributed by atoms with Crippen molar-refractivity contribution in [3.63, 3.8) is 0 Å². The number of aryl methyl sites for hydroxylation is 1. The summed E-state index contributed by atoms with van der Waals surface area (Å²) in [5.74, 6) is 0.977. The van der Waals surface area contributed by atoms with Crippen molar-refractivity contribution < 1.29 is 9.30 Å². The smallest absolute Gasteiger partial charge is 0.257 e. The second kappa shape index (κ2) is 4.61.